The van der Waals surface area contributed by atoms with E-state index in [4.69, 9.17) is 4.74 Å². The number of benzene rings is 1. The van der Waals surface area contributed by atoms with E-state index < -0.39 is 5.56 Å². The summed E-state index contributed by atoms with van der Waals surface area (Å²) in [5, 5.41) is 8.27. The van der Waals surface area contributed by atoms with Gasteiger partial charge in [0.05, 0.1) is 6.61 Å². The third kappa shape index (κ3) is 4.30. The predicted octanol–water partition coefficient (Wildman–Crippen LogP) is 2.72. The summed E-state index contributed by atoms with van der Waals surface area (Å²) in [5.74, 6) is 0.944. The molecular formula is C21H25N5O3S. The van der Waals surface area contributed by atoms with Gasteiger partial charge in [-0.3, -0.25) is 9.59 Å². The summed E-state index contributed by atoms with van der Waals surface area (Å²) in [6.45, 7) is 6.80. The fraction of sp³-hybridized carbons (Fsp3) is 0.429. The SMILES string of the molecule is CCOc1ccccc1CNC(=O)c1cc(=O)nc2sc(N3CCC[C@H](C)C3)nn12. The lowest BCUT2D eigenvalue weighted by atomic mass is 10.0. The average molecular weight is 428 g/mol. The van der Waals surface area contributed by atoms with Gasteiger partial charge in [-0.25, -0.2) is 0 Å². The van der Waals surface area contributed by atoms with Crippen LogP contribution in [0.1, 0.15) is 42.7 Å². The van der Waals surface area contributed by atoms with Gasteiger partial charge >= 0.3 is 0 Å². The number of nitrogens with one attached hydrogen (secondary N) is 1. The van der Waals surface area contributed by atoms with Crippen LogP contribution >= 0.6 is 11.3 Å². The Morgan fingerprint density at radius 1 is 1.37 bits per heavy atom. The summed E-state index contributed by atoms with van der Waals surface area (Å²) in [7, 11) is 0. The Morgan fingerprint density at radius 3 is 3.00 bits per heavy atom. The Labute approximate surface area is 178 Å². The number of piperidine rings is 1. The van der Waals surface area contributed by atoms with Crippen molar-refractivity contribution >= 4 is 27.3 Å². The molecule has 4 rings (SSSR count). The zero-order chi connectivity index (χ0) is 21.1. The largest absolute Gasteiger partial charge is 0.494 e. The molecule has 3 heterocycles. The lowest BCUT2D eigenvalue weighted by Gasteiger charge is -2.30. The second-order valence-electron chi connectivity index (χ2n) is 7.48. The molecule has 1 saturated heterocycles. The first-order valence-electron chi connectivity index (χ1n) is 10.2. The zero-order valence-corrected chi connectivity index (χ0v) is 17.9. The second kappa shape index (κ2) is 8.83. The van der Waals surface area contributed by atoms with Gasteiger partial charge in [-0.05, 0) is 31.7 Å². The monoisotopic (exact) mass is 427 g/mol. The number of rotatable bonds is 6. The quantitative estimate of drug-likeness (QED) is 0.651. The van der Waals surface area contributed by atoms with Crippen LogP contribution in [-0.4, -0.2) is 40.2 Å². The highest BCUT2D eigenvalue weighted by molar-refractivity contribution is 7.20. The van der Waals surface area contributed by atoms with Crippen molar-refractivity contribution in [2.45, 2.75) is 33.2 Å². The smallest absolute Gasteiger partial charge is 0.274 e. The van der Waals surface area contributed by atoms with Crippen molar-refractivity contribution in [1.82, 2.24) is 19.9 Å². The molecule has 0 aliphatic carbocycles. The molecule has 0 radical (unpaired) electrons. The molecule has 1 aliphatic rings. The van der Waals surface area contributed by atoms with E-state index in [2.05, 4.69) is 27.2 Å². The molecule has 1 atom stereocenters. The topological polar surface area (TPSA) is 88.8 Å². The van der Waals surface area contributed by atoms with E-state index in [9.17, 15) is 9.59 Å². The van der Waals surface area contributed by atoms with Crippen molar-refractivity contribution in [2.75, 3.05) is 24.6 Å². The normalized spacial score (nSPS) is 16.6. The first-order chi connectivity index (χ1) is 14.5. The number of hydrogen-bond acceptors (Lipinski definition) is 7. The molecular weight excluding hydrogens is 402 g/mol. The molecule has 2 aromatic heterocycles. The summed E-state index contributed by atoms with van der Waals surface area (Å²) < 4.78 is 7.09. The van der Waals surface area contributed by atoms with E-state index in [-0.39, 0.29) is 18.1 Å². The maximum Gasteiger partial charge on any atom is 0.274 e. The summed E-state index contributed by atoms with van der Waals surface area (Å²) in [4.78, 5) is 31.7. The number of hydrogen-bond donors (Lipinski definition) is 1. The maximum atomic E-state index is 12.9. The van der Waals surface area contributed by atoms with E-state index >= 15 is 0 Å². The van der Waals surface area contributed by atoms with Crippen molar-refractivity contribution in [3.05, 3.63) is 51.9 Å². The number of amides is 1. The Morgan fingerprint density at radius 2 is 2.20 bits per heavy atom. The van der Waals surface area contributed by atoms with Crippen LogP contribution < -0.4 is 20.5 Å². The zero-order valence-electron chi connectivity index (χ0n) is 17.1. The summed E-state index contributed by atoms with van der Waals surface area (Å²) >= 11 is 1.34. The van der Waals surface area contributed by atoms with Crippen LogP contribution in [0.15, 0.2) is 35.1 Å². The lowest BCUT2D eigenvalue weighted by molar-refractivity contribution is 0.0943. The van der Waals surface area contributed by atoms with E-state index in [1.165, 1.54) is 28.3 Å². The first kappa shape index (κ1) is 20.3. The highest BCUT2D eigenvalue weighted by atomic mass is 32.1. The van der Waals surface area contributed by atoms with Crippen LogP contribution in [0.25, 0.3) is 4.96 Å². The molecule has 1 aliphatic heterocycles. The van der Waals surface area contributed by atoms with Crippen LogP contribution in [0, 0.1) is 5.92 Å². The van der Waals surface area contributed by atoms with E-state index in [0.29, 0.717) is 17.5 Å². The van der Waals surface area contributed by atoms with Gasteiger partial charge in [-0.15, -0.1) is 5.10 Å². The number of carbonyl (C=O) groups is 1. The molecule has 1 N–H and O–H groups in total. The van der Waals surface area contributed by atoms with Crippen molar-refractivity contribution in [2.24, 2.45) is 5.92 Å². The minimum absolute atomic E-state index is 0.187. The Kier molecular flexibility index (Phi) is 5.98. The number of carbonyl (C=O) groups excluding carboxylic acids is 1. The number of aromatic nitrogens is 3. The molecule has 1 amide bonds. The van der Waals surface area contributed by atoms with Crippen molar-refractivity contribution in [3.8, 4) is 5.75 Å². The maximum absolute atomic E-state index is 12.9. The Bertz CT molecular complexity index is 1110. The molecule has 0 spiro atoms. The van der Waals surface area contributed by atoms with Gasteiger partial charge in [0.2, 0.25) is 10.1 Å². The molecule has 9 heteroatoms. The standard InChI is InChI=1S/C21H25N5O3S/c1-3-29-17-9-5-4-8-15(17)12-22-19(28)16-11-18(27)23-20-26(16)24-21(30-20)25-10-6-7-14(2)13-25/h4-5,8-9,11,14H,3,6-7,10,12-13H2,1-2H3,(H,22,28)/t14-/m0/s1. The number of para-hydroxylation sites is 1. The molecule has 158 valence electrons. The van der Waals surface area contributed by atoms with Gasteiger partial charge in [-0.1, -0.05) is 36.5 Å². The first-order valence-corrected chi connectivity index (χ1v) is 11.0. The van der Waals surface area contributed by atoms with Gasteiger partial charge in [0.1, 0.15) is 11.4 Å². The van der Waals surface area contributed by atoms with Gasteiger partial charge < -0.3 is 15.0 Å². The third-order valence-corrected chi connectivity index (χ3v) is 6.08. The van der Waals surface area contributed by atoms with Crippen LogP contribution in [0.2, 0.25) is 0 Å². The van der Waals surface area contributed by atoms with Crippen molar-refractivity contribution in [1.29, 1.82) is 0 Å². The van der Waals surface area contributed by atoms with Gasteiger partial charge in [0.15, 0.2) is 0 Å². The molecule has 1 fully saturated rings. The molecule has 30 heavy (non-hydrogen) atoms. The fourth-order valence-corrected chi connectivity index (χ4v) is 4.61. The summed E-state index contributed by atoms with van der Waals surface area (Å²) in [6.07, 6.45) is 2.31. The molecule has 3 aromatic rings. The third-order valence-electron chi connectivity index (χ3n) is 5.12. The summed E-state index contributed by atoms with van der Waals surface area (Å²) in [6, 6.07) is 8.79. The number of nitrogens with zero attached hydrogens (tertiary/aromatic N) is 4. The fourth-order valence-electron chi connectivity index (χ4n) is 3.67. The highest BCUT2D eigenvalue weighted by Gasteiger charge is 2.22. The molecule has 8 nitrogen and oxygen atoms in total. The van der Waals surface area contributed by atoms with Crippen molar-refractivity contribution < 1.29 is 9.53 Å². The highest BCUT2D eigenvalue weighted by Crippen LogP contribution is 2.27. The molecule has 0 saturated carbocycles. The molecule has 0 unspecified atom stereocenters. The Hall–Kier alpha value is -2.94. The molecule has 1 aromatic carbocycles. The average Bonchev–Trinajstić information content (AvgIpc) is 3.16. The Balaban J connectivity index is 1.58. The number of fused-ring (bicyclic) bond motifs is 1. The van der Waals surface area contributed by atoms with Gasteiger partial charge in [0.25, 0.3) is 11.5 Å². The predicted molar refractivity (Wildman–Crippen MR) is 117 cm³/mol. The van der Waals surface area contributed by atoms with E-state index in [0.717, 1.165) is 36.0 Å². The van der Waals surface area contributed by atoms with E-state index in [1.807, 2.05) is 31.2 Å². The summed E-state index contributed by atoms with van der Waals surface area (Å²) in [5.41, 5.74) is 0.607. The minimum Gasteiger partial charge on any atom is -0.494 e. The van der Waals surface area contributed by atoms with Gasteiger partial charge in [-0.2, -0.15) is 9.50 Å². The van der Waals surface area contributed by atoms with Crippen LogP contribution in [0.4, 0.5) is 5.13 Å². The lowest BCUT2D eigenvalue weighted by Crippen LogP contribution is -2.34. The molecule has 0 bridgehead atoms. The van der Waals surface area contributed by atoms with Gasteiger partial charge in [0, 0.05) is 31.3 Å². The second-order valence-corrected chi connectivity index (χ2v) is 8.41. The minimum atomic E-state index is -0.447. The van der Waals surface area contributed by atoms with Crippen LogP contribution in [0.3, 0.4) is 0 Å². The van der Waals surface area contributed by atoms with Crippen molar-refractivity contribution in [3.63, 3.8) is 0 Å². The van der Waals surface area contributed by atoms with Crippen LogP contribution in [-0.2, 0) is 6.54 Å². The van der Waals surface area contributed by atoms with E-state index in [1.54, 1.807) is 0 Å². The van der Waals surface area contributed by atoms with Crippen LogP contribution in [0.5, 0.6) is 5.75 Å². The number of ether oxygens (including phenoxy) is 1. The number of anilines is 1.